The quantitative estimate of drug-likeness (QED) is 0.327. The first-order valence-electron chi connectivity index (χ1n) is 12.8. The molecule has 0 aliphatic carbocycles. The molecule has 2 aromatic rings. The first-order valence-corrected chi connectivity index (χ1v) is 15.1. The molecule has 2 aromatic carbocycles. The average molecular weight is 550 g/mol. The van der Waals surface area contributed by atoms with E-state index in [1.165, 1.54) is 10.6 Å². The number of sulfonamides is 1. The van der Waals surface area contributed by atoms with Crippen molar-refractivity contribution in [2.24, 2.45) is 0 Å². The predicted molar refractivity (Wildman–Crippen MR) is 151 cm³/mol. The van der Waals surface area contributed by atoms with E-state index in [1.54, 1.807) is 17.0 Å². The number of carbonyl (C=O) groups excluding carboxylic acids is 2. The molecule has 37 heavy (non-hydrogen) atoms. The van der Waals surface area contributed by atoms with Crippen LogP contribution >= 0.6 is 11.6 Å². The van der Waals surface area contributed by atoms with E-state index in [0.717, 1.165) is 29.5 Å². The van der Waals surface area contributed by atoms with Crippen molar-refractivity contribution in [2.75, 3.05) is 23.7 Å². The molecule has 0 unspecified atom stereocenters. The maximum absolute atomic E-state index is 13.5. The number of halogens is 1. The van der Waals surface area contributed by atoms with Gasteiger partial charge in [0.2, 0.25) is 21.8 Å². The molecule has 2 amide bonds. The zero-order chi connectivity index (χ0) is 27.6. The predicted octanol–water partition coefficient (Wildman–Crippen LogP) is 5.23. The number of nitrogens with zero attached hydrogens (tertiary/aromatic N) is 2. The zero-order valence-electron chi connectivity index (χ0n) is 22.6. The summed E-state index contributed by atoms with van der Waals surface area (Å²) < 4.78 is 26.5. The molecule has 1 N–H and O–H groups in total. The van der Waals surface area contributed by atoms with Crippen molar-refractivity contribution in [1.82, 2.24) is 10.2 Å². The van der Waals surface area contributed by atoms with Crippen LogP contribution in [0.15, 0.2) is 42.5 Å². The number of rotatable bonds is 14. The van der Waals surface area contributed by atoms with Crippen LogP contribution < -0.4 is 9.62 Å². The Bertz CT molecular complexity index is 1130. The molecule has 0 aromatic heterocycles. The van der Waals surface area contributed by atoms with Crippen molar-refractivity contribution in [3.8, 4) is 0 Å². The Morgan fingerprint density at radius 1 is 1.00 bits per heavy atom. The molecule has 0 spiro atoms. The maximum atomic E-state index is 13.5. The summed E-state index contributed by atoms with van der Waals surface area (Å²) >= 11 is 6.03. The van der Waals surface area contributed by atoms with E-state index in [-0.39, 0.29) is 31.3 Å². The number of nitrogens with one attached hydrogen (secondary N) is 1. The lowest BCUT2D eigenvalue weighted by atomic mass is 10.1. The van der Waals surface area contributed by atoms with Gasteiger partial charge < -0.3 is 10.2 Å². The van der Waals surface area contributed by atoms with Crippen molar-refractivity contribution in [3.05, 3.63) is 64.2 Å². The number of anilines is 1. The lowest BCUT2D eigenvalue weighted by Gasteiger charge is -2.31. The summed E-state index contributed by atoms with van der Waals surface area (Å²) in [7, 11) is -3.54. The van der Waals surface area contributed by atoms with Crippen LogP contribution in [-0.2, 0) is 26.2 Å². The fourth-order valence-corrected chi connectivity index (χ4v) is 5.39. The van der Waals surface area contributed by atoms with E-state index >= 15 is 0 Å². The van der Waals surface area contributed by atoms with Gasteiger partial charge in [0, 0.05) is 31.1 Å². The van der Waals surface area contributed by atoms with Gasteiger partial charge in [-0.05, 0) is 74.1 Å². The molecule has 0 saturated carbocycles. The molecule has 0 heterocycles. The van der Waals surface area contributed by atoms with Crippen molar-refractivity contribution < 1.29 is 18.0 Å². The van der Waals surface area contributed by atoms with Crippen LogP contribution in [0.3, 0.4) is 0 Å². The molecular weight excluding hydrogens is 510 g/mol. The van der Waals surface area contributed by atoms with Gasteiger partial charge in [-0.1, -0.05) is 50.1 Å². The molecule has 9 heteroatoms. The second-order valence-corrected chi connectivity index (χ2v) is 11.8. The summed E-state index contributed by atoms with van der Waals surface area (Å²) in [6.45, 7) is 8.78. The second-order valence-electron chi connectivity index (χ2n) is 9.50. The number of hydrogen-bond acceptors (Lipinski definition) is 4. The Labute approximate surface area is 227 Å². The highest BCUT2D eigenvalue weighted by molar-refractivity contribution is 7.92. The molecule has 0 aliphatic heterocycles. The highest BCUT2D eigenvalue weighted by atomic mass is 35.5. The molecular formula is C28H40ClN3O4S. The SMILES string of the molecule is CCCCNC(=O)[C@@H](CC)N(Cc1ccc(Cl)cc1)C(=O)CCCN(c1cc(C)cc(C)c1)S(C)(=O)=O. The summed E-state index contributed by atoms with van der Waals surface area (Å²) in [5.41, 5.74) is 3.39. The van der Waals surface area contributed by atoms with Gasteiger partial charge in [-0.3, -0.25) is 13.9 Å². The van der Waals surface area contributed by atoms with Crippen molar-refractivity contribution >= 4 is 39.1 Å². The van der Waals surface area contributed by atoms with E-state index in [4.69, 9.17) is 11.6 Å². The van der Waals surface area contributed by atoms with E-state index in [1.807, 2.05) is 51.1 Å². The van der Waals surface area contributed by atoms with Crippen LogP contribution in [0.4, 0.5) is 5.69 Å². The fraction of sp³-hybridized carbons (Fsp3) is 0.500. The van der Waals surface area contributed by atoms with Gasteiger partial charge in [0.15, 0.2) is 0 Å². The average Bonchev–Trinajstić information content (AvgIpc) is 2.81. The van der Waals surface area contributed by atoms with E-state index in [9.17, 15) is 18.0 Å². The highest BCUT2D eigenvalue weighted by Gasteiger charge is 2.28. The molecule has 0 radical (unpaired) electrons. The van der Waals surface area contributed by atoms with Crippen LogP contribution in [-0.4, -0.2) is 50.5 Å². The Balaban J connectivity index is 2.21. The second kappa shape index (κ2) is 14.4. The topological polar surface area (TPSA) is 86.8 Å². The Morgan fingerprint density at radius 3 is 2.16 bits per heavy atom. The standard InChI is InChI=1S/C28H40ClN3O4S/c1-6-8-15-30-28(34)26(7-2)31(20-23-11-13-24(29)14-12-23)27(33)10-9-16-32(37(5,35)36)25-18-21(3)17-22(4)19-25/h11-14,17-19,26H,6-10,15-16,20H2,1-5H3,(H,30,34)/t26-/m1/s1. The summed E-state index contributed by atoms with van der Waals surface area (Å²) in [5.74, 6) is -0.368. The Morgan fingerprint density at radius 2 is 1.62 bits per heavy atom. The number of carbonyl (C=O) groups is 2. The lowest BCUT2D eigenvalue weighted by molar-refractivity contribution is -0.141. The van der Waals surface area contributed by atoms with Crippen molar-refractivity contribution in [1.29, 1.82) is 0 Å². The summed E-state index contributed by atoms with van der Waals surface area (Å²) in [5, 5.41) is 3.55. The van der Waals surface area contributed by atoms with Crippen LogP contribution in [0.5, 0.6) is 0 Å². The largest absolute Gasteiger partial charge is 0.354 e. The minimum atomic E-state index is -3.54. The third kappa shape index (κ3) is 9.67. The van der Waals surface area contributed by atoms with Gasteiger partial charge in [0.25, 0.3) is 0 Å². The molecule has 7 nitrogen and oxygen atoms in total. The smallest absolute Gasteiger partial charge is 0.242 e. The normalized spacial score (nSPS) is 12.2. The van der Waals surface area contributed by atoms with Gasteiger partial charge in [0.1, 0.15) is 6.04 Å². The maximum Gasteiger partial charge on any atom is 0.242 e. The number of benzene rings is 2. The number of aryl methyl sites for hydroxylation is 2. The van der Waals surface area contributed by atoms with E-state index in [0.29, 0.717) is 30.1 Å². The summed E-state index contributed by atoms with van der Waals surface area (Å²) in [4.78, 5) is 28.1. The van der Waals surface area contributed by atoms with Gasteiger partial charge in [-0.2, -0.15) is 0 Å². The first-order chi connectivity index (χ1) is 17.5. The van der Waals surface area contributed by atoms with Crippen LogP contribution in [0, 0.1) is 13.8 Å². The summed E-state index contributed by atoms with van der Waals surface area (Å²) in [6, 6.07) is 12.2. The highest BCUT2D eigenvalue weighted by Crippen LogP contribution is 2.23. The first kappa shape index (κ1) is 30.6. The summed E-state index contributed by atoms with van der Waals surface area (Å²) in [6.07, 6.45) is 3.91. The van der Waals surface area contributed by atoms with Gasteiger partial charge in [-0.25, -0.2) is 8.42 Å². The monoisotopic (exact) mass is 549 g/mol. The number of unbranched alkanes of at least 4 members (excludes halogenated alkanes) is 1. The van der Waals surface area contributed by atoms with Crippen molar-refractivity contribution in [2.45, 2.75) is 72.4 Å². The third-order valence-electron chi connectivity index (χ3n) is 6.13. The van der Waals surface area contributed by atoms with Crippen LogP contribution in [0.2, 0.25) is 5.02 Å². The molecule has 204 valence electrons. The van der Waals surface area contributed by atoms with Crippen molar-refractivity contribution in [3.63, 3.8) is 0 Å². The molecule has 2 rings (SSSR count). The van der Waals surface area contributed by atoms with Gasteiger partial charge >= 0.3 is 0 Å². The van der Waals surface area contributed by atoms with Gasteiger partial charge in [0.05, 0.1) is 11.9 Å². The molecule has 0 aliphatic rings. The number of hydrogen-bond donors (Lipinski definition) is 1. The third-order valence-corrected chi connectivity index (χ3v) is 7.57. The zero-order valence-corrected chi connectivity index (χ0v) is 24.2. The molecule has 0 bridgehead atoms. The van der Waals surface area contributed by atoms with E-state index < -0.39 is 16.1 Å². The van der Waals surface area contributed by atoms with Crippen LogP contribution in [0.25, 0.3) is 0 Å². The lowest BCUT2D eigenvalue weighted by Crippen LogP contribution is -2.49. The fourth-order valence-electron chi connectivity index (χ4n) is 4.31. The van der Waals surface area contributed by atoms with Crippen LogP contribution in [0.1, 0.15) is 62.6 Å². The minimum Gasteiger partial charge on any atom is -0.354 e. The van der Waals surface area contributed by atoms with E-state index in [2.05, 4.69) is 12.2 Å². The van der Waals surface area contributed by atoms with Gasteiger partial charge in [-0.15, -0.1) is 0 Å². The minimum absolute atomic E-state index is 0.114. The molecule has 1 atom stereocenters. The number of amides is 2. The Hall–Kier alpha value is -2.58. The molecule has 0 fully saturated rings. The Kier molecular flexibility index (Phi) is 11.9. The molecule has 0 saturated heterocycles.